The molecule has 5 heterocycles. The van der Waals surface area contributed by atoms with Crippen molar-refractivity contribution < 1.29 is 119 Å². The largest absolute Gasteiger partial charge is 0.462 e. The Morgan fingerprint density at radius 1 is 0.575 bits per heavy atom. The zero-order chi connectivity index (χ0) is 58.4. The van der Waals surface area contributed by atoms with Gasteiger partial charge in [0.25, 0.3) is 0 Å². The number of hydrogen-bond donors (Lipinski definition) is 13. The van der Waals surface area contributed by atoms with E-state index in [1.54, 1.807) is 0 Å². The number of aliphatic hydroxyl groups is 13. The van der Waals surface area contributed by atoms with Crippen molar-refractivity contribution in [3.63, 3.8) is 0 Å². The summed E-state index contributed by atoms with van der Waals surface area (Å²) in [5.41, 5.74) is -4.09. The minimum absolute atomic E-state index is 0.0489. The monoisotopic (exact) mass is 1150 g/mol. The first-order valence-corrected chi connectivity index (χ1v) is 28.8. The van der Waals surface area contributed by atoms with Crippen molar-refractivity contribution in [3.05, 3.63) is 12.2 Å². The van der Waals surface area contributed by atoms with Gasteiger partial charge in [-0.25, -0.2) is 0 Å². The molecular formula is C56H90O24. The minimum Gasteiger partial charge on any atom is -0.462 e. The fourth-order valence-electron chi connectivity index (χ4n) is 17.6. The van der Waals surface area contributed by atoms with E-state index in [0.717, 1.165) is 0 Å². The van der Waals surface area contributed by atoms with Crippen LogP contribution in [0.4, 0.5) is 0 Å². The van der Waals surface area contributed by atoms with E-state index in [1.807, 2.05) is 6.92 Å². The average molecular weight is 1150 g/mol. The maximum Gasteiger partial charge on any atom is 0.302 e. The lowest BCUT2D eigenvalue weighted by atomic mass is 9.32. The summed E-state index contributed by atoms with van der Waals surface area (Å²) in [6.07, 6.45) is -26.7. The molecule has 32 unspecified atom stereocenters. The van der Waals surface area contributed by atoms with E-state index in [1.165, 1.54) is 20.8 Å². The molecular weight excluding hydrogens is 1060 g/mol. The number of esters is 1. The number of aliphatic hydroxyl groups excluding tert-OH is 13. The molecule has 1 spiro atoms. The van der Waals surface area contributed by atoms with Crippen LogP contribution >= 0.6 is 0 Å². The van der Waals surface area contributed by atoms with Gasteiger partial charge in [0, 0.05) is 34.5 Å². The highest BCUT2D eigenvalue weighted by Crippen LogP contribution is 2.79. The number of ether oxygens (including phenoxy) is 10. The molecule has 458 valence electrons. The van der Waals surface area contributed by atoms with E-state index < -0.39 is 181 Å². The summed E-state index contributed by atoms with van der Waals surface area (Å²) in [4.78, 5) is 12.4. The third-order valence-electron chi connectivity index (χ3n) is 22.6. The van der Waals surface area contributed by atoms with E-state index in [-0.39, 0.29) is 41.8 Å². The first kappa shape index (κ1) is 61.4. The van der Waals surface area contributed by atoms with Crippen LogP contribution < -0.4 is 0 Å². The molecule has 10 rings (SSSR count). The smallest absolute Gasteiger partial charge is 0.302 e. The van der Waals surface area contributed by atoms with E-state index >= 15 is 0 Å². The van der Waals surface area contributed by atoms with Crippen LogP contribution in [0.5, 0.6) is 0 Å². The molecule has 0 aromatic rings. The Morgan fingerprint density at radius 2 is 1.15 bits per heavy atom. The lowest BCUT2D eigenvalue weighted by Crippen LogP contribution is -2.73. The van der Waals surface area contributed by atoms with Gasteiger partial charge in [0.05, 0.1) is 56.4 Å². The van der Waals surface area contributed by atoms with Crippen molar-refractivity contribution in [1.82, 2.24) is 0 Å². The number of carbonyl (C=O) groups excluding carboxylic acids is 1. The van der Waals surface area contributed by atoms with E-state index in [2.05, 4.69) is 46.8 Å². The first-order valence-electron chi connectivity index (χ1n) is 28.8. The van der Waals surface area contributed by atoms with Crippen LogP contribution in [0, 0.1) is 50.2 Å². The first-order chi connectivity index (χ1) is 37.4. The van der Waals surface area contributed by atoms with Crippen molar-refractivity contribution in [2.75, 3.05) is 26.4 Å². The fraction of sp³-hybridized carbons (Fsp3) is 0.946. The molecule has 0 aromatic carbocycles. The fourth-order valence-corrected chi connectivity index (χ4v) is 17.6. The molecule has 2 bridgehead atoms. The second kappa shape index (κ2) is 21.6. The maximum atomic E-state index is 12.5. The number of allylic oxidation sites excluding steroid dienone is 1. The van der Waals surface area contributed by atoms with Crippen molar-refractivity contribution in [3.8, 4) is 0 Å². The minimum atomic E-state index is -2.03. The zero-order valence-electron chi connectivity index (χ0n) is 47.2. The lowest BCUT2D eigenvalue weighted by Gasteiger charge is -2.73. The Bertz CT molecular complexity index is 2260. The highest BCUT2D eigenvalue weighted by atomic mass is 16.8. The Kier molecular flexibility index (Phi) is 16.6. The molecule has 0 amide bonds. The SMILES string of the molecule is CC(=O)OC1CC23COC4(C=CC5C6(C)CCC(OC7OC(C)C(O)C(OC8OC(CO)C(OC9OC(C)C(O)C(O)C9O)C(O)C8O)C7OC7OC(CO)C(O)C(O)C7O)C(C)(CO)C6CCC5(C)C4(C)CC2O)C3CC1(C)C. The second-order valence-electron chi connectivity index (χ2n) is 27.2. The van der Waals surface area contributed by atoms with Gasteiger partial charge in [-0.15, -0.1) is 0 Å². The summed E-state index contributed by atoms with van der Waals surface area (Å²) in [5.74, 6) is -0.643. The second-order valence-corrected chi connectivity index (χ2v) is 27.2. The summed E-state index contributed by atoms with van der Waals surface area (Å²) < 4.78 is 62.4. The van der Waals surface area contributed by atoms with Gasteiger partial charge in [0.1, 0.15) is 91.6 Å². The molecule has 24 heteroatoms. The van der Waals surface area contributed by atoms with Crippen molar-refractivity contribution >= 4 is 5.97 Å². The summed E-state index contributed by atoms with van der Waals surface area (Å²) in [7, 11) is 0. The summed E-state index contributed by atoms with van der Waals surface area (Å²) >= 11 is 0. The highest BCUT2D eigenvalue weighted by molar-refractivity contribution is 5.66. The molecule has 80 heavy (non-hydrogen) atoms. The van der Waals surface area contributed by atoms with E-state index in [0.29, 0.717) is 51.6 Å². The Hall–Kier alpha value is -1.67. The number of carbonyl (C=O) groups is 1. The molecule has 5 saturated heterocycles. The molecule has 5 aliphatic carbocycles. The van der Waals surface area contributed by atoms with Gasteiger partial charge in [-0.1, -0.05) is 53.7 Å². The molecule has 32 atom stereocenters. The van der Waals surface area contributed by atoms with Gasteiger partial charge in [0.15, 0.2) is 25.2 Å². The van der Waals surface area contributed by atoms with Gasteiger partial charge in [-0.2, -0.15) is 0 Å². The van der Waals surface area contributed by atoms with Crippen molar-refractivity contribution in [2.45, 2.75) is 254 Å². The number of fused-ring (bicyclic) bond motifs is 4. The highest BCUT2D eigenvalue weighted by Gasteiger charge is 2.80. The van der Waals surface area contributed by atoms with Crippen LogP contribution in [0.25, 0.3) is 0 Å². The molecule has 5 aliphatic heterocycles. The third-order valence-corrected chi connectivity index (χ3v) is 22.6. The quantitative estimate of drug-likeness (QED) is 0.0571. The standard InChI is InChI=1S/C56H90O24/c1-23-34(62)37(65)40(68)46(72-23)78-43-27(20-58)76-48(42(70)39(43)67)79-44-35(63)24(2)73-49(45(44)80-47-41(69)38(66)36(64)26(19-57)75-47)77-32-12-13-51(6)28(52(32,7)21-59)10-14-53(8)29(51)11-15-56-30-16-50(4,5)33(74-25(3)60)18-55(30,22-71-56)31(61)17-54(53,56)9/h11,15,23-24,26-49,57-59,61-70H,10,12-14,16-22H2,1-9H3. The van der Waals surface area contributed by atoms with Crippen LogP contribution in [0.1, 0.15) is 107 Å². The van der Waals surface area contributed by atoms with Gasteiger partial charge < -0.3 is 114 Å². The van der Waals surface area contributed by atoms with Crippen LogP contribution in [-0.4, -0.2) is 246 Å². The normalized spacial score (nSPS) is 57.2. The summed E-state index contributed by atoms with van der Waals surface area (Å²) in [5, 5.41) is 144. The molecule has 0 aromatic heterocycles. The molecule has 13 N–H and O–H groups in total. The molecule has 0 radical (unpaired) electrons. The van der Waals surface area contributed by atoms with Gasteiger partial charge in [-0.3, -0.25) is 4.79 Å². The van der Waals surface area contributed by atoms with Gasteiger partial charge in [-0.05, 0) is 81.5 Å². The van der Waals surface area contributed by atoms with E-state index in [4.69, 9.17) is 47.4 Å². The Morgan fingerprint density at radius 3 is 1.79 bits per heavy atom. The predicted molar refractivity (Wildman–Crippen MR) is 272 cm³/mol. The topological polar surface area (TPSA) is 372 Å². The van der Waals surface area contributed by atoms with Crippen LogP contribution in [0.2, 0.25) is 0 Å². The van der Waals surface area contributed by atoms with Crippen molar-refractivity contribution in [1.29, 1.82) is 0 Å². The Labute approximate surface area is 466 Å². The van der Waals surface area contributed by atoms with Gasteiger partial charge >= 0.3 is 5.97 Å². The molecule has 24 nitrogen and oxygen atoms in total. The Balaban J connectivity index is 0.934. The number of hydrogen-bond acceptors (Lipinski definition) is 24. The third kappa shape index (κ3) is 9.17. The van der Waals surface area contributed by atoms with Crippen LogP contribution in [-0.2, 0) is 52.2 Å². The van der Waals surface area contributed by atoms with Gasteiger partial charge in [0.2, 0.25) is 0 Å². The average Bonchev–Trinajstić information content (AvgIpc) is 3.91. The molecule has 10 aliphatic rings. The predicted octanol–water partition coefficient (Wildman–Crippen LogP) is -2.01. The maximum absolute atomic E-state index is 12.5. The summed E-state index contributed by atoms with van der Waals surface area (Å²) in [6.45, 7) is 15.8. The number of rotatable bonds is 12. The molecule has 4 saturated carbocycles. The van der Waals surface area contributed by atoms with Crippen LogP contribution in [0.3, 0.4) is 0 Å². The van der Waals surface area contributed by atoms with Crippen LogP contribution in [0.15, 0.2) is 12.2 Å². The lowest BCUT2D eigenvalue weighted by molar-refractivity contribution is -0.403. The van der Waals surface area contributed by atoms with Crippen molar-refractivity contribution in [2.24, 2.45) is 50.2 Å². The molecule has 9 fully saturated rings. The van der Waals surface area contributed by atoms with E-state index in [9.17, 15) is 71.2 Å². The zero-order valence-corrected chi connectivity index (χ0v) is 47.2. The summed E-state index contributed by atoms with van der Waals surface area (Å²) in [6, 6.07) is 0.